The lowest BCUT2D eigenvalue weighted by Gasteiger charge is -2.21. The molecule has 0 fully saturated rings. The quantitative estimate of drug-likeness (QED) is 0.829. The van der Waals surface area contributed by atoms with Gasteiger partial charge in [-0.1, -0.05) is 6.92 Å². The van der Waals surface area contributed by atoms with Gasteiger partial charge >= 0.3 is 5.97 Å². The summed E-state index contributed by atoms with van der Waals surface area (Å²) in [5.74, 6) is -1.28. The highest BCUT2D eigenvalue weighted by molar-refractivity contribution is 6.05. The van der Waals surface area contributed by atoms with Gasteiger partial charge in [-0.2, -0.15) is 10.1 Å². The third kappa shape index (κ3) is 3.40. The Kier molecular flexibility index (Phi) is 4.72. The first-order valence-electron chi connectivity index (χ1n) is 6.57. The van der Waals surface area contributed by atoms with Crippen molar-refractivity contribution in [3.8, 4) is 5.75 Å². The molecule has 22 heavy (non-hydrogen) atoms. The van der Waals surface area contributed by atoms with Crippen molar-refractivity contribution in [3.05, 3.63) is 36.2 Å². The zero-order chi connectivity index (χ0) is 16.1. The Morgan fingerprint density at radius 1 is 1.36 bits per heavy atom. The van der Waals surface area contributed by atoms with E-state index in [2.05, 4.69) is 15.2 Å². The Morgan fingerprint density at radius 2 is 2.05 bits per heavy atom. The number of carboxylic acid groups (broad SMARTS) is 1. The molecule has 0 saturated carbocycles. The normalized spacial score (nSPS) is 11.7. The molecule has 116 valence electrons. The molecule has 2 N–H and O–H groups in total. The van der Waals surface area contributed by atoms with Crippen LogP contribution >= 0.6 is 0 Å². The van der Waals surface area contributed by atoms with E-state index in [1.54, 1.807) is 24.3 Å². The number of hydrogen-bond acceptors (Lipinski definition) is 5. The minimum absolute atomic E-state index is 0.0185. The number of hydrogen-bond donors (Lipinski definition) is 2. The van der Waals surface area contributed by atoms with Crippen LogP contribution in [0.5, 0.6) is 5.75 Å². The summed E-state index contributed by atoms with van der Waals surface area (Å²) in [6.07, 6.45) is 1.26. The predicted octanol–water partition coefficient (Wildman–Crippen LogP) is 1.18. The van der Waals surface area contributed by atoms with Crippen LogP contribution in [0.25, 0.3) is 0 Å². The molecule has 1 aromatic heterocycles. The molecule has 0 spiro atoms. The molecule has 2 aromatic rings. The highest BCUT2D eigenvalue weighted by Gasteiger charge is 2.25. The fourth-order valence-corrected chi connectivity index (χ4v) is 1.84. The molecular weight excluding hydrogens is 288 g/mol. The molecule has 1 atom stereocenters. The van der Waals surface area contributed by atoms with Crippen molar-refractivity contribution in [1.29, 1.82) is 0 Å². The molecule has 0 aliphatic carbocycles. The smallest absolute Gasteiger partial charge is 0.308 e. The summed E-state index contributed by atoms with van der Waals surface area (Å²) in [7, 11) is 1.53. The van der Waals surface area contributed by atoms with Crippen molar-refractivity contribution >= 4 is 17.8 Å². The third-order valence-corrected chi connectivity index (χ3v) is 3.12. The Balaban J connectivity index is 2.27. The number of carboxylic acids is 1. The van der Waals surface area contributed by atoms with Gasteiger partial charge in [-0.05, 0) is 24.3 Å². The van der Waals surface area contributed by atoms with Gasteiger partial charge in [-0.3, -0.25) is 14.5 Å². The van der Waals surface area contributed by atoms with Crippen LogP contribution in [0.1, 0.15) is 17.3 Å². The number of nitrogens with one attached hydrogen (secondary N) is 1. The molecule has 1 amide bonds. The van der Waals surface area contributed by atoms with Gasteiger partial charge in [-0.15, -0.1) is 0 Å². The van der Waals surface area contributed by atoms with E-state index in [4.69, 9.17) is 9.84 Å². The van der Waals surface area contributed by atoms with E-state index in [0.29, 0.717) is 11.3 Å². The number of nitrogens with zero attached hydrogens (tertiary/aromatic N) is 3. The average molecular weight is 304 g/mol. The summed E-state index contributed by atoms with van der Waals surface area (Å²) >= 11 is 0. The Hall–Kier alpha value is -2.90. The molecule has 2 rings (SSSR count). The summed E-state index contributed by atoms with van der Waals surface area (Å²) in [5.41, 5.74) is 0.398. The molecule has 0 radical (unpaired) electrons. The van der Waals surface area contributed by atoms with Crippen LogP contribution < -0.4 is 9.64 Å². The van der Waals surface area contributed by atoms with Crippen LogP contribution in [0.3, 0.4) is 0 Å². The van der Waals surface area contributed by atoms with Crippen LogP contribution in [0, 0.1) is 5.92 Å². The van der Waals surface area contributed by atoms with Crippen molar-refractivity contribution in [1.82, 2.24) is 15.2 Å². The maximum Gasteiger partial charge on any atom is 0.308 e. The molecular formula is C14H16N4O4. The SMILES string of the molecule is COc1ccc(C(=O)N(CC(C)C(=O)O)c2ncn[nH]2)cc1. The number of carbonyl (C=O) groups is 2. The number of amides is 1. The lowest BCUT2D eigenvalue weighted by Crippen LogP contribution is -2.37. The molecule has 1 heterocycles. The lowest BCUT2D eigenvalue weighted by atomic mass is 10.1. The first-order chi connectivity index (χ1) is 10.5. The topological polar surface area (TPSA) is 108 Å². The number of aromatic nitrogens is 3. The molecule has 0 aliphatic rings. The lowest BCUT2D eigenvalue weighted by molar-refractivity contribution is -0.140. The summed E-state index contributed by atoms with van der Waals surface area (Å²) in [4.78, 5) is 28.8. The number of aromatic amines is 1. The third-order valence-electron chi connectivity index (χ3n) is 3.12. The van der Waals surface area contributed by atoms with Gasteiger partial charge in [0.2, 0.25) is 5.95 Å². The molecule has 0 bridgehead atoms. The zero-order valence-corrected chi connectivity index (χ0v) is 12.2. The van der Waals surface area contributed by atoms with Gasteiger partial charge < -0.3 is 9.84 Å². The van der Waals surface area contributed by atoms with E-state index >= 15 is 0 Å². The van der Waals surface area contributed by atoms with Gasteiger partial charge in [0.05, 0.1) is 13.0 Å². The largest absolute Gasteiger partial charge is 0.497 e. The molecule has 8 heteroatoms. The van der Waals surface area contributed by atoms with Crippen molar-refractivity contribution in [2.24, 2.45) is 5.92 Å². The second kappa shape index (κ2) is 6.70. The summed E-state index contributed by atoms with van der Waals surface area (Å²) < 4.78 is 5.05. The van der Waals surface area contributed by atoms with Gasteiger partial charge in [0.1, 0.15) is 12.1 Å². The van der Waals surface area contributed by atoms with Crippen molar-refractivity contribution in [3.63, 3.8) is 0 Å². The predicted molar refractivity (Wildman–Crippen MR) is 77.9 cm³/mol. The minimum Gasteiger partial charge on any atom is -0.497 e. The molecule has 1 unspecified atom stereocenters. The van der Waals surface area contributed by atoms with Crippen molar-refractivity contribution in [2.45, 2.75) is 6.92 Å². The standard InChI is InChI=1S/C14H16N4O4/c1-9(13(20)21)7-18(14-15-8-16-17-14)12(19)10-3-5-11(22-2)6-4-10/h3-6,8-9H,7H2,1-2H3,(H,20,21)(H,15,16,17). The number of benzene rings is 1. The van der Waals surface area contributed by atoms with E-state index in [9.17, 15) is 9.59 Å². The fraction of sp³-hybridized carbons (Fsp3) is 0.286. The van der Waals surface area contributed by atoms with E-state index in [-0.39, 0.29) is 18.4 Å². The van der Waals surface area contributed by atoms with Crippen LogP contribution in [-0.2, 0) is 4.79 Å². The van der Waals surface area contributed by atoms with Crippen LogP contribution in [0.2, 0.25) is 0 Å². The van der Waals surface area contributed by atoms with Gasteiger partial charge in [0.25, 0.3) is 5.91 Å². The molecule has 1 aromatic carbocycles. The summed E-state index contributed by atoms with van der Waals surface area (Å²) in [6, 6.07) is 6.53. The van der Waals surface area contributed by atoms with Gasteiger partial charge in [0.15, 0.2) is 0 Å². The number of aliphatic carboxylic acids is 1. The maximum absolute atomic E-state index is 12.6. The number of ether oxygens (including phenoxy) is 1. The minimum atomic E-state index is -0.993. The number of methoxy groups -OCH3 is 1. The maximum atomic E-state index is 12.6. The Labute approximate surface area is 126 Å². The second-order valence-electron chi connectivity index (χ2n) is 4.69. The number of carbonyl (C=O) groups excluding carboxylic acids is 1. The highest BCUT2D eigenvalue weighted by Crippen LogP contribution is 2.17. The number of anilines is 1. The van der Waals surface area contributed by atoms with E-state index < -0.39 is 11.9 Å². The van der Waals surface area contributed by atoms with Gasteiger partial charge in [-0.25, -0.2) is 5.10 Å². The summed E-state index contributed by atoms with van der Waals surface area (Å²) in [6.45, 7) is 1.50. The summed E-state index contributed by atoms with van der Waals surface area (Å²) in [5, 5.41) is 15.3. The van der Waals surface area contributed by atoms with Crippen molar-refractivity contribution in [2.75, 3.05) is 18.6 Å². The zero-order valence-electron chi connectivity index (χ0n) is 12.2. The van der Waals surface area contributed by atoms with Crippen LogP contribution in [0.15, 0.2) is 30.6 Å². The number of H-pyrrole nitrogens is 1. The van der Waals surface area contributed by atoms with E-state index in [0.717, 1.165) is 0 Å². The van der Waals surface area contributed by atoms with E-state index in [1.807, 2.05) is 0 Å². The first kappa shape index (κ1) is 15.5. The first-order valence-corrected chi connectivity index (χ1v) is 6.57. The van der Waals surface area contributed by atoms with Crippen LogP contribution in [-0.4, -0.2) is 45.8 Å². The average Bonchev–Trinajstić information content (AvgIpc) is 3.05. The second-order valence-corrected chi connectivity index (χ2v) is 4.69. The van der Waals surface area contributed by atoms with Gasteiger partial charge in [0, 0.05) is 12.1 Å². The number of rotatable bonds is 6. The highest BCUT2D eigenvalue weighted by atomic mass is 16.5. The van der Waals surface area contributed by atoms with Crippen molar-refractivity contribution < 1.29 is 19.4 Å². The molecule has 0 aliphatic heterocycles. The molecule has 8 nitrogen and oxygen atoms in total. The Morgan fingerprint density at radius 3 is 2.55 bits per heavy atom. The van der Waals surface area contributed by atoms with Crippen LogP contribution in [0.4, 0.5) is 5.95 Å². The van der Waals surface area contributed by atoms with E-state index in [1.165, 1.54) is 25.3 Å². The monoisotopic (exact) mass is 304 g/mol. The Bertz CT molecular complexity index is 639. The fourth-order valence-electron chi connectivity index (χ4n) is 1.84. The molecule has 0 saturated heterocycles.